The molecule has 1 aromatic carbocycles. The Morgan fingerprint density at radius 2 is 1.89 bits per heavy atom. The van der Waals surface area contributed by atoms with Gasteiger partial charge in [0.2, 0.25) is 0 Å². The fourth-order valence-corrected chi connectivity index (χ4v) is 1.68. The Labute approximate surface area is 112 Å². The second-order valence-corrected chi connectivity index (χ2v) is 4.07. The molecule has 1 N–H and O–H groups in total. The van der Waals surface area contributed by atoms with Crippen molar-refractivity contribution in [2.24, 2.45) is 0 Å². The lowest BCUT2D eigenvalue weighted by Crippen LogP contribution is -2.35. The molecule has 0 saturated carbocycles. The molecule has 0 bridgehead atoms. The van der Waals surface area contributed by atoms with Crippen molar-refractivity contribution < 1.29 is 18.7 Å². The van der Waals surface area contributed by atoms with Gasteiger partial charge >= 0.3 is 0 Å². The number of aryl methyl sites for hydroxylation is 1. The van der Waals surface area contributed by atoms with Gasteiger partial charge < -0.3 is 14.8 Å². The van der Waals surface area contributed by atoms with E-state index >= 15 is 0 Å². The SMILES string of the molecule is CCOC(CNC(=O)c1cc(C)cc(F)c1)OCC. The van der Waals surface area contributed by atoms with Gasteiger partial charge in [0.05, 0.1) is 6.54 Å². The average Bonchev–Trinajstić information content (AvgIpc) is 2.35. The third-order valence-corrected chi connectivity index (χ3v) is 2.44. The van der Waals surface area contributed by atoms with Crippen LogP contribution in [0.4, 0.5) is 4.39 Å². The summed E-state index contributed by atoms with van der Waals surface area (Å²) in [4.78, 5) is 11.9. The number of ether oxygens (including phenoxy) is 2. The largest absolute Gasteiger partial charge is 0.351 e. The molecule has 0 fully saturated rings. The topological polar surface area (TPSA) is 47.6 Å². The maximum atomic E-state index is 13.2. The number of amides is 1. The molecule has 5 heteroatoms. The van der Waals surface area contributed by atoms with Gasteiger partial charge in [-0.1, -0.05) is 0 Å². The Hall–Kier alpha value is -1.46. The first-order valence-electron chi connectivity index (χ1n) is 6.35. The predicted molar refractivity (Wildman–Crippen MR) is 70.5 cm³/mol. The highest BCUT2D eigenvalue weighted by Gasteiger charge is 2.12. The van der Waals surface area contributed by atoms with E-state index in [4.69, 9.17) is 9.47 Å². The van der Waals surface area contributed by atoms with Crippen molar-refractivity contribution in [1.29, 1.82) is 0 Å². The van der Waals surface area contributed by atoms with Gasteiger partial charge in [-0.15, -0.1) is 0 Å². The van der Waals surface area contributed by atoms with Crippen molar-refractivity contribution in [2.75, 3.05) is 19.8 Å². The molecule has 0 saturated heterocycles. The zero-order valence-corrected chi connectivity index (χ0v) is 11.5. The molecule has 0 atom stereocenters. The van der Waals surface area contributed by atoms with Crippen LogP contribution in [0.1, 0.15) is 29.8 Å². The number of benzene rings is 1. The molecule has 19 heavy (non-hydrogen) atoms. The quantitative estimate of drug-likeness (QED) is 0.772. The molecule has 0 heterocycles. The van der Waals surface area contributed by atoms with Crippen LogP contribution in [0.5, 0.6) is 0 Å². The summed E-state index contributed by atoms with van der Waals surface area (Å²) in [6.07, 6.45) is -0.478. The van der Waals surface area contributed by atoms with Crippen LogP contribution in [0.15, 0.2) is 18.2 Å². The monoisotopic (exact) mass is 269 g/mol. The number of carbonyl (C=O) groups excluding carboxylic acids is 1. The normalized spacial score (nSPS) is 10.8. The highest BCUT2D eigenvalue weighted by Crippen LogP contribution is 2.08. The van der Waals surface area contributed by atoms with E-state index in [1.165, 1.54) is 12.1 Å². The molecule has 106 valence electrons. The molecular formula is C14H20FNO3. The molecule has 1 rings (SSSR count). The van der Waals surface area contributed by atoms with Gasteiger partial charge in [0.1, 0.15) is 5.82 Å². The molecule has 1 aromatic rings. The van der Waals surface area contributed by atoms with Gasteiger partial charge in [0.25, 0.3) is 5.91 Å². The highest BCUT2D eigenvalue weighted by molar-refractivity contribution is 5.94. The maximum absolute atomic E-state index is 13.2. The van der Waals surface area contributed by atoms with Crippen LogP contribution in [0.2, 0.25) is 0 Å². The van der Waals surface area contributed by atoms with Crippen LogP contribution in [0.3, 0.4) is 0 Å². The number of nitrogens with one attached hydrogen (secondary N) is 1. The number of halogens is 1. The zero-order valence-electron chi connectivity index (χ0n) is 11.5. The average molecular weight is 269 g/mol. The number of carbonyl (C=O) groups is 1. The van der Waals surface area contributed by atoms with Gasteiger partial charge in [-0.05, 0) is 44.5 Å². The molecular weight excluding hydrogens is 249 g/mol. The predicted octanol–water partition coefficient (Wildman–Crippen LogP) is 2.26. The summed E-state index contributed by atoms with van der Waals surface area (Å²) in [5.74, 6) is -0.761. The summed E-state index contributed by atoms with van der Waals surface area (Å²) < 4.78 is 23.8. The molecule has 0 aliphatic carbocycles. The van der Waals surface area contributed by atoms with Gasteiger partial charge in [-0.3, -0.25) is 4.79 Å². The van der Waals surface area contributed by atoms with Gasteiger partial charge in [0.15, 0.2) is 6.29 Å². The van der Waals surface area contributed by atoms with Crippen LogP contribution < -0.4 is 5.32 Å². The molecule has 4 nitrogen and oxygen atoms in total. The third kappa shape index (κ3) is 5.36. The first kappa shape index (κ1) is 15.6. The van der Waals surface area contributed by atoms with Crippen LogP contribution in [0.25, 0.3) is 0 Å². The van der Waals surface area contributed by atoms with Crippen molar-refractivity contribution in [2.45, 2.75) is 27.1 Å². The fraction of sp³-hybridized carbons (Fsp3) is 0.500. The lowest BCUT2D eigenvalue weighted by atomic mass is 10.1. The molecule has 0 aliphatic heterocycles. The molecule has 1 amide bonds. The Bertz CT molecular complexity index is 397. The summed E-state index contributed by atoms with van der Waals surface area (Å²) in [6.45, 7) is 6.67. The van der Waals surface area contributed by atoms with E-state index in [2.05, 4.69) is 5.32 Å². The third-order valence-electron chi connectivity index (χ3n) is 2.44. The fourth-order valence-electron chi connectivity index (χ4n) is 1.68. The van der Waals surface area contributed by atoms with E-state index < -0.39 is 12.1 Å². The summed E-state index contributed by atoms with van der Waals surface area (Å²) in [6, 6.07) is 4.22. The first-order valence-corrected chi connectivity index (χ1v) is 6.35. The molecule has 0 spiro atoms. The smallest absolute Gasteiger partial charge is 0.251 e. The van der Waals surface area contributed by atoms with Crippen LogP contribution in [-0.2, 0) is 9.47 Å². The highest BCUT2D eigenvalue weighted by atomic mass is 19.1. The molecule has 0 radical (unpaired) electrons. The van der Waals surface area contributed by atoms with Crippen molar-refractivity contribution in [1.82, 2.24) is 5.32 Å². The van der Waals surface area contributed by atoms with Gasteiger partial charge in [-0.2, -0.15) is 0 Å². The lowest BCUT2D eigenvalue weighted by molar-refractivity contribution is -0.131. The van der Waals surface area contributed by atoms with Crippen molar-refractivity contribution >= 4 is 5.91 Å². The lowest BCUT2D eigenvalue weighted by Gasteiger charge is -2.17. The maximum Gasteiger partial charge on any atom is 0.251 e. The standard InChI is InChI=1S/C14H20FNO3/c1-4-18-13(19-5-2)9-16-14(17)11-6-10(3)7-12(15)8-11/h6-8,13H,4-5,9H2,1-3H3,(H,16,17). The first-order chi connectivity index (χ1) is 9.06. The van der Waals surface area contributed by atoms with Crippen molar-refractivity contribution in [3.63, 3.8) is 0 Å². The van der Waals surface area contributed by atoms with Crippen LogP contribution in [0, 0.1) is 12.7 Å². The summed E-state index contributed by atoms with van der Waals surface area (Å²) in [5.41, 5.74) is 1.00. The minimum absolute atomic E-state index is 0.232. The van der Waals surface area contributed by atoms with E-state index in [9.17, 15) is 9.18 Å². The Kier molecular flexibility index (Phi) is 6.45. The minimum Gasteiger partial charge on any atom is -0.351 e. The van der Waals surface area contributed by atoms with E-state index in [-0.39, 0.29) is 12.5 Å². The summed E-state index contributed by atoms with van der Waals surface area (Å²) in [7, 11) is 0. The number of hydrogen-bond acceptors (Lipinski definition) is 3. The van der Waals surface area contributed by atoms with E-state index in [0.717, 1.165) is 0 Å². The number of rotatable bonds is 7. The second-order valence-electron chi connectivity index (χ2n) is 4.07. The van der Waals surface area contributed by atoms with Gasteiger partial charge in [-0.25, -0.2) is 4.39 Å². The minimum atomic E-state index is -0.478. The Morgan fingerprint density at radius 3 is 2.42 bits per heavy atom. The van der Waals surface area contributed by atoms with Crippen LogP contribution in [-0.4, -0.2) is 32.0 Å². The van der Waals surface area contributed by atoms with E-state index in [1.807, 2.05) is 13.8 Å². The molecule has 0 aliphatic rings. The van der Waals surface area contributed by atoms with E-state index in [1.54, 1.807) is 13.0 Å². The Morgan fingerprint density at radius 1 is 1.26 bits per heavy atom. The summed E-state index contributed by atoms with van der Waals surface area (Å²) >= 11 is 0. The number of hydrogen-bond donors (Lipinski definition) is 1. The van der Waals surface area contributed by atoms with E-state index in [0.29, 0.717) is 24.3 Å². The molecule has 0 unspecified atom stereocenters. The Balaban J connectivity index is 2.58. The zero-order chi connectivity index (χ0) is 14.3. The summed E-state index contributed by atoms with van der Waals surface area (Å²) in [5, 5.41) is 2.67. The van der Waals surface area contributed by atoms with Crippen LogP contribution >= 0.6 is 0 Å². The molecule has 0 aromatic heterocycles. The second kappa shape index (κ2) is 7.86. The van der Waals surface area contributed by atoms with Gasteiger partial charge in [0, 0.05) is 18.8 Å². The van der Waals surface area contributed by atoms with Crippen molar-refractivity contribution in [3.05, 3.63) is 35.1 Å². The van der Waals surface area contributed by atoms with Crippen molar-refractivity contribution in [3.8, 4) is 0 Å².